The van der Waals surface area contributed by atoms with Crippen LogP contribution in [0.25, 0.3) is 0 Å². The Morgan fingerprint density at radius 3 is 2.15 bits per heavy atom. The van der Waals surface area contributed by atoms with Gasteiger partial charge in [0.05, 0.1) is 11.9 Å². The van der Waals surface area contributed by atoms with Gasteiger partial charge in [0, 0.05) is 23.1 Å². The predicted molar refractivity (Wildman–Crippen MR) is 133 cm³/mol. The summed E-state index contributed by atoms with van der Waals surface area (Å²) >= 11 is 12.1. The summed E-state index contributed by atoms with van der Waals surface area (Å²) in [6, 6.07) is 11.1. The van der Waals surface area contributed by atoms with Crippen LogP contribution in [0.1, 0.15) is 31.4 Å². The van der Waals surface area contributed by atoms with Crippen molar-refractivity contribution in [2.75, 3.05) is 23.7 Å². The molecule has 0 heterocycles. The molecular formula is C23H29Cl2N3O4S. The van der Waals surface area contributed by atoms with Gasteiger partial charge in [-0.3, -0.25) is 13.9 Å². The molecule has 0 saturated carbocycles. The summed E-state index contributed by atoms with van der Waals surface area (Å²) in [4.78, 5) is 27.4. The topological polar surface area (TPSA) is 86.8 Å². The third-order valence-electron chi connectivity index (χ3n) is 5.00. The highest BCUT2D eigenvalue weighted by atomic mass is 35.5. The van der Waals surface area contributed by atoms with Gasteiger partial charge in [-0.2, -0.15) is 0 Å². The van der Waals surface area contributed by atoms with Gasteiger partial charge in [0.25, 0.3) is 0 Å². The van der Waals surface area contributed by atoms with Crippen LogP contribution in [0, 0.1) is 6.92 Å². The summed E-state index contributed by atoms with van der Waals surface area (Å²) in [5.74, 6) is -0.842. The van der Waals surface area contributed by atoms with Crippen molar-refractivity contribution in [3.05, 3.63) is 63.6 Å². The van der Waals surface area contributed by atoms with E-state index in [1.807, 2.05) is 38.1 Å². The summed E-state index contributed by atoms with van der Waals surface area (Å²) in [5.41, 5.74) is 2.05. The highest BCUT2D eigenvalue weighted by Gasteiger charge is 2.30. The summed E-state index contributed by atoms with van der Waals surface area (Å²) in [6.07, 6.45) is 1.75. The number of carbonyl (C=O) groups is 2. The van der Waals surface area contributed by atoms with E-state index in [-0.39, 0.29) is 28.2 Å². The van der Waals surface area contributed by atoms with Crippen molar-refractivity contribution >= 4 is 50.7 Å². The fourth-order valence-electron chi connectivity index (χ4n) is 3.17. The molecule has 0 fully saturated rings. The monoisotopic (exact) mass is 513 g/mol. The maximum Gasteiger partial charge on any atom is 0.244 e. The van der Waals surface area contributed by atoms with Gasteiger partial charge in [-0.05, 0) is 44.0 Å². The van der Waals surface area contributed by atoms with Crippen molar-refractivity contribution in [1.82, 2.24) is 10.2 Å². The molecule has 33 heavy (non-hydrogen) atoms. The maximum absolute atomic E-state index is 13.4. The van der Waals surface area contributed by atoms with E-state index in [9.17, 15) is 18.0 Å². The van der Waals surface area contributed by atoms with Crippen LogP contribution in [-0.4, -0.2) is 50.5 Å². The number of sulfonamides is 1. The minimum absolute atomic E-state index is 0.147. The van der Waals surface area contributed by atoms with Gasteiger partial charge < -0.3 is 10.2 Å². The van der Waals surface area contributed by atoms with Crippen LogP contribution < -0.4 is 9.62 Å². The Kier molecular flexibility index (Phi) is 9.57. The van der Waals surface area contributed by atoms with Crippen molar-refractivity contribution in [3.8, 4) is 0 Å². The molecule has 2 amide bonds. The van der Waals surface area contributed by atoms with Gasteiger partial charge >= 0.3 is 0 Å². The Labute approximate surface area is 205 Å². The van der Waals surface area contributed by atoms with Crippen LogP contribution in [0.3, 0.4) is 0 Å². The van der Waals surface area contributed by atoms with Crippen LogP contribution in [0.4, 0.5) is 5.69 Å². The molecule has 0 aliphatic rings. The van der Waals surface area contributed by atoms with Gasteiger partial charge in [-0.25, -0.2) is 8.42 Å². The molecule has 2 aromatic rings. The zero-order chi connectivity index (χ0) is 24.8. The molecule has 2 rings (SSSR count). The molecule has 180 valence electrons. The lowest BCUT2D eigenvalue weighted by atomic mass is 10.1. The molecule has 1 atom stereocenters. The smallest absolute Gasteiger partial charge is 0.244 e. The van der Waals surface area contributed by atoms with Crippen LogP contribution in [-0.2, 0) is 26.2 Å². The largest absolute Gasteiger partial charge is 0.354 e. The first-order valence-electron chi connectivity index (χ1n) is 10.5. The summed E-state index contributed by atoms with van der Waals surface area (Å²) in [6.45, 7) is 5.62. The number of rotatable bonds is 10. The van der Waals surface area contributed by atoms with Crippen molar-refractivity contribution < 1.29 is 18.0 Å². The normalized spacial score (nSPS) is 12.2. The Bertz CT molecular complexity index is 1070. The molecule has 0 unspecified atom stereocenters. The minimum atomic E-state index is -3.85. The van der Waals surface area contributed by atoms with E-state index in [1.165, 1.54) is 23.1 Å². The standard InChI is InChI=1S/C23H29Cl2N3O4S/c1-5-10-26-23(30)17(3)27(14-18-8-6-16(2)7-9-18)22(29)15-28(33(4,31)32)21-12-19(24)11-20(25)13-21/h6-9,11-13,17H,5,10,14-15H2,1-4H3,(H,26,30)/t17-/m0/s1. The van der Waals surface area contributed by atoms with Crippen molar-refractivity contribution in [3.63, 3.8) is 0 Å². The van der Waals surface area contributed by atoms with E-state index >= 15 is 0 Å². The average molecular weight is 514 g/mol. The fourth-order valence-corrected chi connectivity index (χ4v) is 4.51. The van der Waals surface area contributed by atoms with Crippen LogP contribution >= 0.6 is 23.2 Å². The highest BCUT2D eigenvalue weighted by Crippen LogP contribution is 2.27. The number of anilines is 1. The molecule has 0 aliphatic heterocycles. The molecule has 0 spiro atoms. The van der Waals surface area contributed by atoms with Crippen molar-refractivity contribution in [2.45, 2.75) is 39.8 Å². The number of benzene rings is 2. The molecule has 2 aromatic carbocycles. The molecular weight excluding hydrogens is 485 g/mol. The predicted octanol–water partition coefficient (Wildman–Crippen LogP) is 4.01. The summed E-state index contributed by atoms with van der Waals surface area (Å²) < 4.78 is 26.0. The first kappa shape index (κ1) is 27.0. The zero-order valence-corrected chi connectivity index (χ0v) is 21.5. The molecule has 0 aromatic heterocycles. The van der Waals surface area contributed by atoms with Crippen molar-refractivity contribution in [1.29, 1.82) is 0 Å². The van der Waals surface area contributed by atoms with Gasteiger partial charge in [-0.15, -0.1) is 0 Å². The van der Waals surface area contributed by atoms with Gasteiger partial charge in [0.1, 0.15) is 12.6 Å². The van der Waals surface area contributed by atoms with E-state index in [1.54, 1.807) is 6.92 Å². The number of amides is 2. The molecule has 10 heteroatoms. The number of hydrogen-bond donors (Lipinski definition) is 1. The number of aryl methyl sites for hydroxylation is 1. The molecule has 7 nitrogen and oxygen atoms in total. The average Bonchev–Trinajstić information content (AvgIpc) is 2.73. The third-order valence-corrected chi connectivity index (χ3v) is 6.58. The second kappa shape index (κ2) is 11.7. The first-order chi connectivity index (χ1) is 15.4. The van der Waals surface area contributed by atoms with Crippen LogP contribution in [0.2, 0.25) is 10.0 Å². The molecule has 0 aliphatic carbocycles. The van der Waals surface area contributed by atoms with E-state index in [0.29, 0.717) is 6.54 Å². The van der Waals surface area contributed by atoms with Gasteiger partial charge in [-0.1, -0.05) is 60.0 Å². The lowest BCUT2D eigenvalue weighted by Gasteiger charge is -2.31. The van der Waals surface area contributed by atoms with Crippen molar-refractivity contribution in [2.24, 2.45) is 0 Å². The second-order valence-corrected chi connectivity index (χ2v) is 10.7. The number of hydrogen-bond acceptors (Lipinski definition) is 4. The highest BCUT2D eigenvalue weighted by molar-refractivity contribution is 7.92. The van der Waals surface area contributed by atoms with Crippen LogP contribution in [0.15, 0.2) is 42.5 Å². The number of nitrogens with zero attached hydrogens (tertiary/aromatic N) is 2. The lowest BCUT2D eigenvalue weighted by Crippen LogP contribution is -2.51. The van der Waals surface area contributed by atoms with Crippen LogP contribution in [0.5, 0.6) is 0 Å². The Morgan fingerprint density at radius 1 is 1.06 bits per heavy atom. The summed E-state index contributed by atoms with van der Waals surface area (Å²) in [7, 11) is -3.85. The number of halogens is 2. The van der Waals surface area contributed by atoms with E-state index in [0.717, 1.165) is 28.1 Å². The zero-order valence-electron chi connectivity index (χ0n) is 19.1. The fraction of sp³-hybridized carbons (Fsp3) is 0.391. The number of nitrogens with one attached hydrogen (secondary N) is 1. The third kappa shape index (κ3) is 7.91. The van der Waals surface area contributed by atoms with E-state index < -0.39 is 28.5 Å². The molecule has 0 bridgehead atoms. The second-order valence-electron chi connectivity index (χ2n) is 7.87. The Hall–Kier alpha value is -2.29. The van der Waals surface area contributed by atoms with Gasteiger partial charge in [0.2, 0.25) is 21.8 Å². The SMILES string of the molecule is CCCNC(=O)[C@H](C)N(Cc1ccc(C)cc1)C(=O)CN(c1cc(Cl)cc(Cl)c1)S(C)(=O)=O. The van der Waals surface area contributed by atoms with Gasteiger partial charge in [0.15, 0.2) is 0 Å². The Morgan fingerprint density at radius 2 is 1.64 bits per heavy atom. The van der Waals surface area contributed by atoms with E-state index in [2.05, 4.69) is 5.32 Å². The summed E-state index contributed by atoms with van der Waals surface area (Å²) in [5, 5.41) is 3.27. The first-order valence-corrected chi connectivity index (χ1v) is 13.1. The lowest BCUT2D eigenvalue weighted by molar-refractivity contribution is -0.139. The van der Waals surface area contributed by atoms with E-state index in [4.69, 9.17) is 23.2 Å². The maximum atomic E-state index is 13.4. The Balaban J connectivity index is 2.39. The molecule has 1 N–H and O–H groups in total. The quantitative estimate of drug-likeness (QED) is 0.519. The number of carbonyl (C=O) groups excluding carboxylic acids is 2. The molecule has 0 saturated heterocycles. The minimum Gasteiger partial charge on any atom is -0.354 e. The molecule has 0 radical (unpaired) electrons.